The largest absolute Gasteiger partial charge is 0.496 e. The topological polar surface area (TPSA) is 93.0 Å². The van der Waals surface area contributed by atoms with E-state index in [1.54, 1.807) is 42.5 Å². The molecule has 0 saturated carbocycles. The number of hydrogen-bond acceptors (Lipinski definition) is 6. The van der Waals surface area contributed by atoms with Crippen molar-refractivity contribution >= 4 is 40.5 Å². The SMILES string of the molecule is COc1ccc(C(=O)NC(=S)Nc2ccc(-c3ccc(CO)o3)c(OC)c2)cc1Cl. The molecule has 3 rings (SSSR count). The average Bonchev–Trinajstić information content (AvgIpc) is 3.22. The van der Waals surface area contributed by atoms with Crippen molar-refractivity contribution < 1.29 is 23.8 Å². The highest BCUT2D eigenvalue weighted by atomic mass is 35.5. The van der Waals surface area contributed by atoms with Crippen LogP contribution in [0, 0.1) is 0 Å². The molecule has 7 nitrogen and oxygen atoms in total. The van der Waals surface area contributed by atoms with Gasteiger partial charge in [-0.1, -0.05) is 11.6 Å². The van der Waals surface area contributed by atoms with E-state index in [1.807, 2.05) is 0 Å². The van der Waals surface area contributed by atoms with Crippen LogP contribution in [0.15, 0.2) is 52.9 Å². The Labute approximate surface area is 183 Å². The van der Waals surface area contributed by atoms with Gasteiger partial charge in [0.25, 0.3) is 5.91 Å². The Bertz CT molecular complexity index is 1080. The Balaban J connectivity index is 1.70. The summed E-state index contributed by atoms with van der Waals surface area (Å²) in [6.45, 7) is -0.185. The molecule has 0 aliphatic heterocycles. The molecule has 0 aliphatic carbocycles. The van der Waals surface area contributed by atoms with Gasteiger partial charge >= 0.3 is 0 Å². The van der Waals surface area contributed by atoms with Crippen LogP contribution >= 0.6 is 23.8 Å². The van der Waals surface area contributed by atoms with Gasteiger partial charge in [-0.15, -0.1) is 0 Å². The van der Waals surface area contributed by atoms with E-state index in [2.05, 4.69) is 10.6 Å². The number of aliphatic hydroxyl groups excluding tert-OH is 1. The maximum atomic E-state index is 12.4. The molecule has 1 amide bonds. The van der Waals surface area contributed by atoms with E-state index in [-0.39, 0.29) is 11.7 Å². The number of amides is 1. The predicted molar refractivity (Wildman–Crippen MR) is 118 cm³/mol. The highest BCUT2D eigenvalue weighted by Crippen LogP contribution is 2.33. The molecule has 0 bridgehead atoms. The van der Waals surface area contributed by atoms with E-state index in [0.29, 0.717) is 44.9 Å². The van der Waals surface area contributed by atoms with Crippen molar-refractivity contribution in [3.63, 3.8) is 0 Å². The van der Waals surface area contributed by atoms with Crippen LogP contribution in [0.3, 0.4) is 0 Å². The third kappa shape index (κ3) is 4.91. The van der Waals surface area contributed by atoms with Crippen molar-refractivity contribution in [1.82, 2.24) is 5.32 Å². The summed E-state index contributed by atoms with van der Waals surface area (Å²) in [5.41, 5.74) is 1.67. The number of rotatable bonds is 6. The van der Waals surface area contributed by atoms with Crippen molar-refractivity contribution in [2.75, 3.05) is 19.5 Å². The smallest absolute Gasteiger partial charge is 0.257 e. The lowest BCUT2D eigenvalue weighted by atomic mass is 10.1. The van der Waals surface area contributed by atoms with Crippen molar-refractivity contribution in [3.8, 4) is 22.8 Å². The van der Waals surface area contributed by atoms with Crippen LogP contribution < -0.4 is 20.1 Å². The number of methoxy groups -OCH3 is 2. The van der Waals surface area contributed by atoms with E-state index >= 15 is 0 Å². The normalized spacial score (nSPS) is 10.4. The fourth-order valence-corrected chi connectivity index (χ4v) is 3.19. The number of thiocarbonyl (C=S) groups is 1. The molecule has 1 aromatic heterocycles. The summed E-state index contributed by atoms with van der Waals surface area (Å²) in [7, 11) is 3.03. The van der Waals surface area contributed by atoms with E-state index in [9.17, 15) is 4.79 Å². The van der Waals surface area contributed by atoms with Crippen LogP contribution in [0.4, 0.5) is 5.69 Å². The van der Waals surface area contributed by atoms with Gasteiger partial charge in [0.05, 0.1) is 24.8 Å². The number of furan rings is 1. The Morgan fingerprint density at radius 1 is 1.10 bits per heavy atom. The summed E-state index contributed by atoms with van der Waals surface area (Å²) < 4.78 is 16.1. The predicted octanol–water partition coefficient (Wildman–Crippen LogP) is 4.24. The molecule has 0 radical (unpaired) electrons. The Morgan fingerprint density at radius 2 is 1.87 bits per heavy atom. The molecule has 156 valence electrons. The van der Waals surface area contributed by atoms with Gasteiger partial charge in [-0.2, -0.15) is 0 Å². The Kier molecular flexibility index (Phi) is 6.94. The van der Waals surface area contributed by atoms with Gasteiger partial charge in [0.15, 0.2) is 5.11 Å². The molecular formula is C21H19ClN2O5S. The van der Waals surface area contributed by atoms with Crippen LogP contribution in [-0.2, 0) is 6.61 Å². The molecule has 0 spiro atoms. The molecule has 0 unspecified atom stereocenters. The Morgan fingerprint density at radius 3 is 2.50 bits per heavy atom. The summed E-state index contributed by atoms with van der Waals surface area (Å²) in [5.74, 6) is 1.62. The highest BCUT2D eigenvalue weighted by Gasteiger charge is 2.14. The zero-order valence-electron chi connectivity index (χ0n) is 16.2. The van der Waals surface area contributed by atoms with Gasteiger partial charge in [0.1, 0.15) is 29.6 Å². The highest BCUT2D eigenvalue weighted by molar-refractivity contribution is 7.80. The molecule has 0 saturated heterocycles. The summed E-state index contributed by atoms with van der Waals surface area (Å²) >= 11 is 11.3. The minimum Gasteiger partial charge on any atom is -0.496 e. The molecule has 9 heteroatoms. The van der Waals surface area contributed by atoms with Crippen molar-refractivity contribution in [2.24, 2.45) is 0 Å². The minimum absolute atomic E-state index is 0.113. The second-order valence-corrected chi connectivity index (χ2v) is 6.91. The van der Waals surface area contributed by atoms with Gasteiger partial charge < -0.3 is 24.3 Å². The summed E-state index contributed by atoms with van der Waals surface area (Å²) in [6.07, 6.45) is 0. The zero-order chi connectivity index (χ0) is 21.7. The summed E-state index contributed by atoms with van der Waals surface area (Å²) in [5, 5.41) is 15.1. The third-order valence-electron chi connectivity index (χ3n) is 4.18. The zero-order valence-corrected chi connectivity index (χ0v) is 17.8. The van der Waals surface area contributed by atoms with Gasteiger partial charge in [0, 0.05) is 17.3 Å². The maximum Gasteiger partial charge on any atom is 0.257 e. The van der Waals surface area contributed by atoms with Crippen molar-refractivity contribution in [1.29, 1.82) is 0 Å². The molecule has 30 heavy (non-hydrogen) atoms. The fourth-order valence-electron chi connectivity index (χ4n) is 2.73. The van der Waals surface area contributed by atoms with E-state index in [0.717, 1.165) is 0 Å². The van der Waals surface area contributed by atoms with E-state index in [1.165, 1.54) is 20.3 Å². The first-order valence-electron chi connectivity index (χ1n) is 8.79. The molecule has 0 fully saturated rings. The average molecular weight is 447 g/mol. The van der Waals surface area contributed by atoms with Crippen molar-refractivity contribution in [2.45, 2.75) is 6.61 Å². The number of carbonyl (C=O) groups excluding carboxylic acids is 1. The number of anilines is 1. The number of ether oxygens (including phenoxy) is 2. The van der Waals surface area contributed by atoms with Gasteiger partial charge in [0.2, 0.25) is 0 Å². The summed E-state index contributed by atoms with van der Waals surface area (Å²) in [6, 6.07) is 13.4. The lowest BCUT2D eigenvalue weighted by molar-refractivity contribution is 0.0977. The number of aliphatic hydroxyl groups is 1. The molecule has 0 atom stereocenters. The first-order valence-corrected chi connectivity index (χ1v) is 9.57. The van der Waals surface area contributed by atoms with Crippen LogP contribution in [0.5, 0.6) is 11.5 Å². The molecule has 2 aromatic carbocycles. The first-order chi connectivity index (χ1) is 14.4. The first kappa shape index (κ1) is 21.6. The van der Waals surface area contributed by atoms with E-state index < -0.39 is 5.91 Å². The Hall–Kier alpha value is -3.07. The van der Waals surface area contributed by atoms with Gasteiger partial charge in [-0.25, -0.2) is 0 Å². The van der Waals surface area contributed by atoms with Gasteiger partial charge in [-0.05, 0) is 54.7 Å². The van der Waals surface area contributed by atoms with Crippen LogP contribution in [0.25, 0.3) is 11.3 Å². The molecule has 3 aromatic rings. The second kappa shape index (κ2) is 9.62. The quantitative estimate of drug-likeness (QED) is 0.488. The minimum atomic E-state index is -0.409. The number of carbonyl (C=O) groups is 1. The molecule has 1 heterocycles. The molecule has 3 N–H and O–H groups in total. The van der Waals surface area contributed by atoms with E-state index in [4.69, 9.17) is 42.8 Å². The second-order valence-electron chi connectivity index (χ2n) is 6.10. The number of nitrogens with one attached hydrogen (secondary N) is 2. The standard InChI is InChI=1S/C21H19ClN2O5S/c1-27-18-7-3-12(9-16(18)22)20(26)24-21(30)23-13-4-6-15(19(10-13)28-2)17-8-5-14(11-25)29-17/h3-10,25H,11H2,1-2H3,(H2,23,24,26,30). The number of hydrogen-bond donors (Lipinski definition) is 3. The van der Waals surface area contributed by atoms with Gasteiger partial charge in [-0.3, -0.25) is 10.1 Å². The fraction of sp³-hybridized carbons (Fsp3) is 0.143. The maximum absolute atomic E-state index is 12.4. The van der Waals surface area contributed by atoms with Crippen LogP contribution in [0.2, 0.25) is 5.02 Å². The lowest BCUT2D eigenvalue weighted by Gasteiger charge is -2.13. The summed E-state index contributed by atoms with van der Waals surface area (Å²) in [4.78, 5) is 12.4. The number of benzene rings is 2. The molecular weight excluding hydrogens is 428 g/mol. The van der Waals surface area contributed by atoms with Crippen LogP contribution in [0.1, 0.15) is 16.1 Å². The number of halogens is 1. The lowest BCUT2D eigenvalue weighted by Crippen LogP contribution is -2.34. The van der Waals surface area contributed by atoms with Crippen molar-refractivity contribution in [3.05, 3.63) is 64.9 Å². The molecule has 0 aliphatic rings. The van der Waals surface area contributed by atoms with Crippen LogP contribution in [-0.4, -0.2) is 30.3 Å². The monoisotopic (exact) mass is 446 g/mol. The third-order valence-corrected chi connectivity index (χ3v) is 4.68.